The Labute approximate surface area is 89.1 Å². The summed E-state index contributed by atoms with van der Waals surface area (Å²) in [7, 11) is 0. The third-order valence-corrected chi connectivity index (χ3v) is 2.75. The Kier molecular flexibility index (Phi) is 3.12. The van der Waals surface area contributed by atoms with Crippen LogP contribution in [0.15, 0.2) is 6.33 Å². The molecule has 15 heavy (non-hydrogen) atoms. The van der Waals surface area contributed by atoms with Crippen LogP contribution in [0.3, 0.4) is 0 Å². The Bertz CT molecular complexity index is 357. The molecular formula is C10H17N3O2. The average molecular weight is 211 g/mol. The maximum atomic E-state index is 11.1. The van der Waals surface area contributed by atoms with Crippen molar-refractivity contribution in [2.75, 3.05) is 0 Å². The van der Waals surface area contributed by atoms with Crippen LogP contribution >= 0.6 is 0 Å². The van der Waals surface area contributed by atoms with E-state index >= 15 is 0 Å². The molecule has 1 aromatic rings. The number of hydrogen-bond acceptors (Lipinski definition) is 3. The second kappa shape index (κ2) is 4.00. The van der Waals surface area contributed by atoms with E-state index in [1.807, 2.05) is 13.8 Å². The molecule has 0 radical (unpaired) electrons. The zero-order valence-corrected chi connectivity index (χ0v) is 9.56. The van der Waals surface area contributed by atoms with Crippen LogP contribution < -0.4 is 0 Å². The maximum Gasteiger partial charge on any atom is 0.329 e. The number of hydrogen-bond donors (Lipinski definition) is 1. The lowest BCUT2D eigenvalue weighted by atomic mass is 10.0. The van der Waals surface area contributed by atoms with Crippen LogP contribution in [0, 0.1) is 0 Å². The average Bonchev–Trinajstić information content (AvgIpc) is 2.65. The first-order valence-corrected chi connectivity index (χ1v) is 5.05. The molecule has 0 aliphatic heterocycles. The molecule has 0 amide bonds. The van der Waals surface area contributed by atoms with Crippen molar-refractivity contribution in [3.63, 3.8) is 0 Å². The van der Waals surface area contributed by atoms with Gasteiger partial charge < -0.3 is 9.67 Å². The monoisotopic (exact) mass is 211 g/mol. The fourth-order valence-electron chi connectivity index (χ4n) is 1.30. The van der Waals surface area contributed by atoms with Crippen LogP contribution in [0.2, 0.25) is 0 Å². The van der Waals surface area contributed by atoms with Crippen LogP contribution in [0.4, 0.5) is 0 Å². The fraction of sp³-hybridized carbons (Fsp3) is 0.700. The Morgan fingerprint density at radius 1 is 1.67 bits per heavy atom. The van der Waals surface area contributed by atoms with E-state index < -0.39 is 11.5 Å². The third kappa shape index (κ3) is 2.00. The molecule has 0 saturated carbocycles. The van der Waals surface area contributed by atoms with Gasteiger partial charge in [0.15, 0.2) is 0 Å². The normalized spacial score (nSPS) is 13.9. The standard InChI is InChI=1S/C10H17N3O2/c1-5-7(2)8-12-11-6-13(8)10(3,4)9(14)15/h6-7H,5H2,1-4H3,(H,14,15). The van der Waals surface area contributed by atoms with Crippen molar-refractivity contribution < 1.29 is 9.90 Å². The summed E-state index contributed by atoms with van der Waals surface area (Å²) in [5.41, 5.74) is -0.998. The van der Waals surface area contributed by atoms with Crippen molar-refractivity contribution in [2.24, 2.45) is 0 Å². The highest BCUT2D eigenvalue weighted by Crippen LogP contribution is 2.23. The predicted molar refractivity (Wildman–Crippen MR) is 55.7 cm³/mol. The van der Waals surface area contributed by atoms with Gasteiger partial charge in [0.05, 0.1) is 0 Å². The van der Waals surface area contributed by atoms with Crippen molar-refractivity contribution >= 4 is 5.97 Å². The van der Waals surface area contributed by atoms with E-state index in [4.69, 9.17) is 5.11 Å². The fourth-order valence-corrected chi connectivity index (χ4v) is 1.30. The number of nitrogens with zero attached hydrogens (tertiary/aromatic N) is 3. The molecule has 0 aliphatic carbocycles. The molecule has 5 nitrogen and oxygen atoms in total. The molecule has 0 fully saturated rings. The van der Waals surface area contributed by atoms with Gasteiger partial charge in [0.25, 0.3) is 0 Å². The number of aromatic nitrogens is 3. The Morgan fingerprint density at radius 2 is 2.27 bits per heavy atom. The highest BCUT2D eigenvalue weighted by molar-refractivity contribution is 5.75. The van der Waals surface area contributed by atoms with Gasteiger partial charge >= 0.3 is 5.97 Å². The molecule has 1 rings (SSSR count). The second-order valence-electron chi connectivity index (χ2n) is 4.23. The van der Waals surface area contributed by atoms with E-state index in [1.54, 1.807) is 18.4 Å². The van der Waals surface area contributed by atoms with E-state index in [0.29, 0.717) is 0 Å². The van der Waals surface area contributed by atoms with Crippen LogP contribution in [0.1, 0.15) is 45.9 Å². The zero-order chi connectivity index (χ0) is 11.6. The lowest BCUT2D eigenvalue weighted by Crippen LogP contribution is -2.36. The SMILES string of the molecule is CCC(C)c1nncn1C(C)(C)C(=O)O. The molecule has 1 aromatic heterocycles. The number of rotatable bonds is 4. The number of carboxylic acid groups (broad SMARTS) is 1. The minimum absolute atomic E-state index is 0.214. The lowest BCUT2D eigenvalue weighted by molar-refractivity contribution is -0.145. The van der Waals surface area contributed by atoms with Crippen molar-refractivity contribution in [3.8, 4) is 0 Å². The van der Waals surface area contributed by atoms with Gasteiger partial charge in [0.1, 0.15) is 17.7 Å². The van der Waals surface area contributed by atoms with Gasteiger partial charge in [-0.1, -0.05) is 13.8 Å². The van der Waals surface area contributed by atoms with Gasteiger partial charge in [0, 0.05) is 5.92 Å². The summed E-state index contributed by atoms with van der Waals surface area (Å²) in [4.78, 5) is 11.1. The number of carboxylic acids is 1. The second-order valence-corrected chi connectivity index (χ2v) is 4.23. The predicted octanol–water partition coefficient (Wildman–Crippen LogP) is 1.61. The van der Waals surface area contributed by atoms with Gasteiger partial charge in [-0.25, -0.2) is 4.79 Å². The Morgan fingerprint density at radius 3 is 2.73 bits per heavy atom. The van der Waals surface area contributed by atoms with Crippen LogP contribution in [-0.4, -0.2) is 25.8 Å². The maximum absolute atomic E-state index is 11.1. The number of aliphatic carboxylic acids is 1. The molecule has 0 bridgehead atoms. The highest BCUT2D eigenvalue weighted by atomic mass is 16.4. The molecule has 5 heteroatoms. The van der Waals surface area contributed by atoms with E-state index in [-0.39, 0.29) is 5.92 Å². The molecule has 0 saturated heterocycles. The molecule has 84 valence electrons. The summed E-state index contributed by atoms with van der Waals surface area (Å²) in [5, 5.41) is 16.9. The van der Waals surface area contributed by atoms with Gasteiger partial charge in [0.2, 0.25) is 0 Å². The summed E-state index contributed by atoms with van der Waals surface area (Å²) in [6.45, 7) is 7.34. The summed E-state index contributed by atoms with van der Waals surface area (Å²) < 4.78 is 1.63. The van der Waals surface area contributed by atoms with E-state index in [9.17, 15) is 4.79 Å². The first-order chi connectivity index (χ1) is 6.91. The minimum atomic E-state index is -0.998. The summed E-state index contributed by atoms with van der Waals surface area (Å²) >= 11 is 0. The minimum Gasteiger partial charge on any atom is -0.480 e. The van der Waals surface area contributed by atoms with Crippen LogP contribution in [-0.2, 0) is 10.3 Å². The highest BCUT2D eigenvalue weighted by Gasteiger charge is 2.32. The summed E-state index contributed by atoms with van der Waals surface area (Å²) in [6.07, 6.45) is 2.39. The molecule has 1 N–H and O–H groups in total. The first-order valence-electron chi connectivity index (χ1n) is 5.05. The van der Waals surface area contributed by atoms with Crippen molar-refractivity contribution in [1.82, 2.24) is 14.8 Å². The van der Waals surface area contributed by atoms with E-state index in [2.05, 4.69) is 10.2 Å². The molecular weight excluding hydrogens is 194 g/mol. The topological polar surface area (TPSA) is 68.0 Å². The van der Waals surface area contributed by atoms with Gasteiger partial charge in [-0.3, -0.25) is 0 Å². The van der Waals surface area contributed by atoms with E-state index in [0.717, 1.165) is 12.2 Å². The van der Waals surface area contributed by atoms with Crippen molar-refractivity contribution in [1.29, 1.82) is 0 Å². The number of carbonyl (C=O) groups is 1. The van der Waals surface area contributed by atoms with Crippen molar-refractivity contribution in [3.05, 3.63) is 12.2 Å². The van der Waals surface area contributed by atoms with Gasteiger partial charge in [-0.05, 0) is 20.3 Å². The Balaban J connectivity index is 3.15. The van der Waals surface area contributed by atoms with Crippen LogP contribution in [0.5, 0.6) is 0 Å². The molecule has 0 aliphatic rings. The molecule has 0 aromatic carbocycles. The van der Waals surface area contributed by atoms with Crippen molar-refractivity contribution in [2.45, 2.75) is 45.6 Å². The largest absolute Gasteiger partial charge is 0.480 e. The molecule has 0 spiro atoms. The zero-order valence-electron chi connectivity index (χ0n) is 9.56. The summed E-state index contributed by atoms with van der Waals surface area (Å²) in [5.74, 6) is 0.0582. The lowest BCUT2D eigenvalue weighted by Gasteiger charge is -2.24. The van der Waals surface area contributed by atoms with Gasteiger partial charge in [-0.2, -0.15) is 0 Å². The summed E-state index contributed by atoms with van der Waals surface area (Å²) in [6, 6.07) is 0. The van der Waals surface area contributed by atoms with Gasteiger partial charge in [-0.15, -0.1) is 10.2 Å². The first kappa shape index (κ1) is 11.7. The third-order valence-electron chi connectivity index (χ3n) is 2.75. The molecule has 1 atom stereocenters. The smallest absolute Gasteiger partial charge is 0.329 e. The quantitative estimate of drug-likeness (QED) is 0.821. The Hall–Kier alpha value is -1.39. The molecule has 1 heterocycles. The van der Waals surface area contributed by atoms with Crippen LogP contribution in [0.25, 0.3) is 0 Å². The van der Waals surface area contributed by atoms with E-state index in [1.165, 1.54) is 6.33 Å². The molecule has 1 unspecified atom stereocenters.